The molecule has 0 aliphatic carbocycles. The predicted molar refractivity (Wildman–Crippen MR) is 30.9 cm³/mol. The Balaban J connectivity index is -0.0000000720. The van der Waals surface area contributed by atoms with Crippen LogP contribution < -0.4 is 51.4 Å². The van der Waals surface area contributed by atoms with Crippen molar-refractivity contribution >= 4 is 6.16 Å². The van der Waals surface area contributed by atoms with Gasteiger partial charge in [0, 0.05) is 0 Å². The van der Waals surface area contributed by atoms with Crippen molar-refractivity contribution in [1.82, 2.24) is 0 Å². The van der Waals surface area contributed by atoms with Crippen LogP contribution in [0.4, 0.5) is 4.79 Å². The van der Waals surface area contributed by atoms with E-state index in [-0.39, 0.29) is 51.4 Å². The zero-order valence-corrected chi connectivity index (χ0v) is 9.43. The van der Waals surface area contributed by atoms with Gasteiger partial charge in [-0.1, -0.05) is 0 Å². The minimum atomic E-state index is -1.83. The summed E-state index contributed by atoms with van der Waals surface area (Å²) in [5, 5.41) is 13.9. The topological polar surface area (TPSA) is 57.5 Å². The predicted octanol–water partition coefficient (Wildman–Crippen LogP) is -1.15. The summed E-state index contributed by atoms with van der Waals surface area (Å²) in [7, 11) is 0. The van der Waals surface area contributed by atoms with Gasteiger partial charge < -0.3 is 16.1 Å². The summed E-state index contributed by atoms with van der Waals surface area (Å²) in [5.74, 6) is 1.42. The molecule has 9 heavy (non-hydrogen) atoms. The van der Waals surface area contributed by atoms with Crippen LogP contribution in [0.15, 0.2) is 0 Å². The first-order valence-electron chi connectivity index (χ1n) is 2.15. The SMILES string of the molecule is C[C-](C)C.O=C(O)O.[K+]. The molecule has 0 heterocycles. The van der Waals surface area contributed by atoms with Crippen LogP contribution in [0.1, 0.15) is 20.8 Å². The Morgan fingerprint density at radius 3 is 1.22 bits per heavy atom. The van der Waals surface area contributed by atoms with Crippen LogP contribution in [0.3, 0.4) is 0 Å². The van der Waals surface area contributed by atoms with E-state index in [4.69, 9.17) is 15.0 Å². The maximum Gasteiger partial charge on any atom is 1.00 e. The molecule has 0 unspecified atom stereocenters. The van der Waals surface area contributed by atoms with Crippen molar-refractivity contribution in [1.29, 1.82) is 0 Å². The molecule has 0 amide bonds. The Kier molecular flexibility index (Phi) is 21.4. The molecule has 0 aliphatic rings. The van der Waals surface area contributed by atoms with Gasteiger partial charge >= 0.3 is 57.5 Å². The molecule has 0 saturated heterocycles. The minimum Gasteiger partial charge on any atom is -0.450 e. The monoisotopic (exact) mass is 158 g/mol. The van der Waals surface area contributed by atoms with Gasteiger partial charge in [0.25, 0.3) is 0 Å². The van der Waals surface area contributed by atoms with Gasteiger partial charge in [-0.15, -0.1) is 0 Å². The molecule has 0 aromatic heterocycles. The molecule has 0 aromatic rings. The van der Waals surface area contributed by atoms with E-state index in [1.807, 2.05) is 0 Å². The fourth-order valence-electron chi connectivity index (χ4n) is 0. The fourth-order valence-corrected chi connectivity index (χ4v) is 0. The first-order valence-corrected chi connectivity index (χ1v) is 2.15. The molecule has 0 spiro atoms. The standard InChI is InChI=1S/C4H9.CH2O3.K/c1-4(2)3;2-1(3)4;/h1-3H3;(H2,2,3,4);/q-1;;+1. The number of hydrogen-bond donors (Lipinski definition) is 2. The molecule has 0 rings (SSSR count). The van der Waals surface area contributed by atoms with Crippen LogP contribution in [-0.4, -0.2) is 16.4 Å². The van der Waals surface area contributed by atoms with Gasteiger partial charge in [-0.25, -0.2) is 4.79 Å². The van der Waals surface area contributed by atoms with E-state index in [2.05, 4.69) is 20.8 Å². The third-order valence-electron chi connectivity index (χ3n) is 0. The van der Waals surface area contributed by atoms with Gasteiger partial charge in [-0.2, -0.15) is 20.8 Å². The molecule has 0 radical (unpaired) electrons. The Labute approximate surface area is 97.9 Å². The zero-order chi connectivity index (χ0) is 7.15. The Bertz CT molecular complexity index is 56.5. The van der Waals surface area contributed by atoms with Crippen molar-refractivity contribution in [2.75, 3.05) is 0 Å². The number of hydrogen-bond acceptors (Lipinski definition) is 1. The summed E-state index contributed by atoms with van der Waals surface area (Å²) in [6, 6.07) is 0. The van der Waals surface area contributed by atoms with E-state index in [0.717, 1.165) is 0 Å². The fraction of sp³-hybridized carbons (Fsp3) is 0.600. The molecule has 3 nitrogen and oxygen atoms in total. The second-order valence-electron chi connectivity index (χ2n) is 1.78. The summed E-state index contributed by atoms with van der Waals surface area (Å²) >= 11 is 0. The summed E-state index contributed by atoms with van der Waals surface area (Å²) in [4.78, 5) is 8.56. The quantitative estimate of drug-likeness (QED) is 0.345. The molecule has 0 aromatic carbocycles. The third-order valence-corrected chi connectivity index (χ3v) is 0. The van der Waals surface area contributed by atoms with E-state index in [1.165, 1.54) is 5.92 Å². The van der Waals surface area contributed by atoms with E-state index >= 15 is 0 Å². The van der Waals surface area contributed by atoms with Crippen molar-refractivity contribution in [3.8, 4) is 0 Å². The Morgan fingerprint density at radius 2 is 1.22 bits per heavy atom. The number of carboxylic acid groups (broad SMARTS) is 2. The van der Waals surface area contributed by atoms with Gasteiger partial charge in [-0.3, -0.25) is 0 Å². The molecule has 50 valence electrons. The van der Waals surface area contributed by atoms with Crippen LogP contribution in [0, 0.1) is 5.92 Å². The van der Waals surface area contributed by atoms with Crippen molar-refractivity contribution < 1.29 is 66.4 Å². The first kappa shape index (κ1) is 16.5. The van der Waals surface area contributed by atoms with Crippen molar-refractivity contribution in [2.45, 2.75) is 20.8 Å². The number of rotatable bonds is 0. The smallest absolute Gasteiger partial charge is 0.450 e. The van der Waals surface area contributed by atoms with Gasteiger partial charge in [0.1, 0.15) is 0 Å². The van der Waals surface area contributed by atoms with Gasteiger partial charge in [0.05, 0.1) is 0 Å². The summed E-state index contributed by atoms with van der Waals surface area (Å²) in [6.07, 6.45) is -1.83. The molecule has 0 aliphatic heterocycles. The molecule has 0 saturated carbocycles. The molecular formula is C5H11KO3. The molecule has 2 N–H and O–H groups in total. The van der Waals surface area contributed by atoms with E-state index in [0.29, 0.717) is 0 Å². The number of carbonyl (C=O) groups is 1. The average molecular weight is 158 g/mol. The minimum absolute atomic E-state index is 0. The van der Waals surface area contributed by atoms with Crippen LogP contribution in [-0.2, 0) is 0 Å². The largest absolute Gasteiger partial charge is 1.00 e. The molecule has 0 fully saturated rings. The van der Waals surface area contributed by atoms with E-state index in [1.54, 1.807) is 0 Å². The van der Waals surface area contributed by atoms with Crippen LogP contribution in [0.5, 0.6) is 0 Å². The molecule has 4 heteroatoms. The van der Waals surface area contributed by atoms with Crippen LogP contribution >= 0.6 is 0 Å². The normalized spacial score (nSPS) is 6.67. The van der Waals surface area contributed by atoms with Gasteiger partial charge in [-0.05, 0) is 0 Å². The summed E-state index contributed by atoms with van der Waals surface area (Å²) in [6.45, 7) is 6.25. The van der Waals surface area contributed by atoms with Crippen LogP contribution in [0.2, 0.25) is 0 Å². The van der Waals surface area contributed by atoms with Crippen molar-refractivity contribution in [3.63, 3.8) is 0 Å². The zero-order valence-electron chi connectivity index (χ0n) is 6.30. The first-order chi connectivity index (χ1) is 3.46. The summed E-state index contributed by atoms with van der Waals surface area (Å²) in [5.41, 5.74) is 0. The molecular weight excluding hydrogens is 147 g/mol. The Morgan fingerprint density at radius 1 is 1.22 bits per heavy atom. The third kappa shape index (κ3) is 517. The van der Waals surface area contributed by atoms with Gasteiger partial charge in [0.15, 0.2) is 0 Å². The Hall–Kier alpha value is 0.906. The molecule has 0 atom stereocenters. The second-order valence-corrected chi connectivity index (χ2v) is 1.78. The van der Waals surface area contributed by atoms with Gasteiger partial charge in [0.2, 0.25) is 0 Å². The average Bonchev–Trinajstić information content (AvgIpc) is 1.25. The van der Waals surface area contributed by atoms with Crippen molar-refractivity contribution in [3.05, 3.63) is 5.92 Å². The van der Waals surface area contributed by atoms with Crippen molar-refractivity contribution in [2.24, 2.45) is 0 Å². The van der Waals surface area contributed by atoms with E-state index < -0.39 is 6.16 Å². The second kappa shape index (κ2) is 11.7. The maximum atomic E-state index is 8.56. The summed E-state index contributed by atoms with van der Waals surface area (Å²) < 4.78 is 0. The maximum absolute atomic E-state index is 8.56. The molecule has 0 bridgehead atoms. The van der Waals surface area contributed by atoms with E-state index in [9.17, 15) is 0 Å². The van der Waals surface area contributed by atoms with Crippen LogP contribution in [0.25, 0.3) is 0 Å².